The van der Waals surface area contributed by atoms with Crippen LogP contribution in [0.5, 0.6) is 6.01 Å². The molecule has 2 amide bonds. The van der Waals surface area contributed by atoms with E-state index >= 15 is 0 Å². The smallest absolute Gasteiger partial charge is 0.316 e. The highest BCUT2D eigenvalue weighted by molar-refractivity contribution is 9.10. The Bertz CT molecular complexity index is 1870. The van der Waals surface area contributed by atoms with Gasteiger partial charge in [-0.2, -0.15) is 5.10 Å². The number of hydrogen-bond donors (Lipinski definition) is 1. The molecule has 1 saturated carbocycles. The quantitative estimate of drug-likeness (QED) is 0.214. The van der Waals surface area contributed by atoms with Gasteiger partial charge in [0.05, 0.1) is 18.7 Å². The number of carbonyl (C=O) groups is 3. The maximum atomic E-state index is 14.0. The molecule has 1 N–H and O–H groups in total. The molecule has 1 aliphatic carbocycles. The van der Waals surface area contributed by atoms with Crippen LogP contribution in [-0.4, -0.2) is 78.6 Å². The Labute approximate surface area is 267 Å². The standard InChI is InChI=1S/C32H32BrN7O5/c1-16-5-6-25(33)36-29(16)37-30(43)23-9-32(4)10-24(32)40(23)26(42)13-39-28-17(2)7-19(8-22(28)27(38-39)18(3)41)20-11-34-31(35-12-20)45-21-14-44-15-21/h5-8,11-12,21,23-24H,9-10,13-15H2,1-4H3,(H,36,37,43)/t23-,24+,32-/m0/s1. The van der Waals surface area contributed by atoms with E-state index in [9.17, 15) is 14.4 Å². The molecule has 0 spiro atoms. The molecule has 3 atom stereocenters. The molecule has 232 valence electrons. The van der Waals surface area contributed by atoms with Crippen LogP contribution in [-0.2, 0) is 20.9 Å². The first-order valence-corrected chi connectivity index (χ1v) is 15.6. The highest BCUT2D eigenvalue weighted by Crippen LogP contribution is 2.59. The van der Waals surface area contributed by atoms with Crippen LogP contribution in [0.25, 0.3) is 22.0 Å². The van der Waals surface area contributed by atoms with Crippen LogP contribution in [0, 0.1) is 19.3 Å². The van der Waals surface area contributed by atoms with E-state index in [1.165, 1.54) is 6.92 Å². The van der Waals surface area contributed by atoms with Gasteiger partial charge in [0.2, 0.25) is 11.8 Å². The minimum atomic E-state index is -0.632. The number of likely N-dealkylation sites (tertiary alicyclic amines) is 1. The van der Waals surface area contributed by atoms with E-state index in [1.807, 2.05) is 38.1 Å². The molecule has 0 radical (unpaired) electrons. The first-order valence-electron chi connectivity index (χ1n) is 14.8. The summed E-state index contributed by atoms with van der Waals surface area (Å²) in [6, 6.07) is 7.15. The second-order valence-electron chi connectivity index (χ2n) is 12.5. The first kappa shape index (κ1) is 29.5. The number of pyridine rings is 1. The highest BCUT2D eigenvalue weighted by atomic mass is 79.9. The van der Waals surface area contributed by atoms with Crippen LogP contribution in [0.1, 0.15) is 48.3 Å². The highest BCUT2D eigenvalue weighted by Gasteiger charge is 2.64. The molecule has 13 heteroatoms. The van der Waals surface area contributed by atoms with Crippen LogP contribution in [0.15, 0.2) is 41.3 Å². The van der Waals surface area contributed by atoms with E-state index in [-0.39, 0.29) is 53.4 Å². The number of benzene rings is 1. The topological polar surface area (TPSA) is 141 Å². The number of Topliss-reactive ketones (excluding diaryl/α,β-unsaturated/α-hetero) is 1. The minimum absolute atomic E-state index is 0.0251. The van der Waals surface area contributed by atoms with Crippen LogP contribution in [0.2, 0.25) is 0 Å². The molecule has 0 unspecified atom stereocenters. The number of hydrogen-bond acceptors (Lipinski definition) is 9. The Morgan fingerprint density at radius 3 is 2.53 bits per heavy atom. The van der Waals surface area contributed by atoms with Crippen molar-refractivity contribution in [3.63, 3.8) is 0 Å². The summed E-state index contributed by atoms with van der Waals surface area (Å²) in [4.78, 5) is 55.0. The van der Waals surface area contributed by atoms with Gasteiger partial charge in [0.1, 0.15) is 34.8 Å². The van der Waals surface area contributed by atoms with Crippen LogP contribution in [0.4, 0.5) is 5.82 Å². The first-order chi connectivity index (χ1) is 21.5. The lowest BCUT2D eigenvalue weighted by atomic mass is 10.0. The summed E-state index contributed by atoms with van der Waals surface area (Å²) in [5, 5.41) is 8.19. The van der Waals surface area contributed by atoms with Gasteiger partial charge in [0, 0.05) is 36.3 Å². The molecular formula is C32H32BrN7O5. The van der Waals surface area contributed by atoms with E-state index in [0.717, 1.165) is 28.7 Å². The molecule has 3 aromatic heterocycles. The number of halogens is 1. The summed E-state index contributed by atoms with van der Waals surface area (Å²) in [6.45, 7) is 8.31. The molecular weight excluding hydrogens is 642 g/mol. The normalized spacial score (nSPS) is 22.2. The number of aryl methyl sites for hydroxylation is 2. The lowest BCUT2D eigenvalue weighted by Gasteiger charge is -2.27. The van der Waals surface area contributed by atoms with E-state index < -0.39 is 6.04 Å². The molecule has 4 aromatic rings. The number of ether oxygens (including phenoxy) is 2. The number of fused-ring (bicyclic) bond motifs is 2. The van der Waals surface area contributed by atoms with Gasteiger partial charge in [0.25, 0.3) is 0 Å². The maximum absolute atomic E-state index is 14.0. The molecule has 1 aromatic carbocycles. The van der Waals surface area contributed by atoms with E-state index in [2.05, 4.69) is 48.2 Å². The fourth-order valence-corrected chi connectivity index (χ4v) is 6.74. The van der Waals surface area contributed by atoms with Crippen LogP contribution < -0.4 is 10.1 Å². The predicted octanol–water partition coefficient (Wildman–Crippen LogP) is 4.27. The zero-order valence-electron chi connectivity index (χ0n) is 25.3. The van der Waals surface area contributed by atoms with Gasteiger partial charge in [-0.1, -0.05) is 13.0 Å². The van der Waals surface area contributed by atoms with Crippen LogP contribution in [0.3, 0.4) is 0 Å². The van der Waals surface area contributed by atoms with Gasteiger partial charge in [-0.3, -0.25) is 19.1 Å². The summed E-state index contributed by atoms with van der Waals surface area (Å²) in [5.74, 6) is -0.232. The molecule has 5 heterocycles. The van der Waals surface area contributed by atoms with Gasteiger partial charge < -0.3 is 19.7 Å². The molecule has 3 fully saturated rings. The number of aromatic nitrogens is 5. The summed E-state index contributed by atoms with van der Waals surface area (Å²) >= 11 is 3.36. The number of nitrogens with zero attached hydrogens (tertiary/aromatic N) is 6. The van der Waals surface area contributed by atoms with Gasteiger partial charge in [0.15, 0.2) is 5.78 Å². The summed E-state index contributed by atoms with van der Waals surface area (Å²) in [7, 11) is 0. The number of amides is 2. The zero-order chi connectivity index (χ0) is 31.6. The van der Waals surface area contributed by atoms with E-state index in [4.69, 9.17) is 9.47 Å². The largest absolute Gasteiger partial charge is 0.455 e. The number of piperidine rings is 1. The SMILES string of the molecule is CC(=O)c1nn(CC(=O)N2[C@H](C(=O)Nc3nc(Br)ccc3C)C[C@@]3(C)C[C@@H]23)c2c(C)cc(-c3cnc(OC4COC4)nc3)cc12. The van der Waals surface area contributed by atoms with Crippen molar-refractivity contribution in [2.75, 3.05) is 18.5 Å². The van der Waals surface area contributed by atoms with Crippen molar-refractivity contribution < 1.29 is 23.9 Å². The molecule has 3 aliphatic rings. The van der Waals surface area contributed by atoms with Crippen molar-refractivity contribution in [3.05, 3.63) is 58.1 Å². The van der Waals surface area contributed by atoms with Crippen molar-refractivity contribution in [1.82, 2.24) is 29.6 Å². The lowest BCUT2D eigenvalue weighted by molar-refractivity contribution is -0.138. The lowest BCUT2D eigenvalue weighted by Crippen LogP contribution is -2.47. The van der Waals surface area contributed by atoms with Crippen molar-refractivity contribution in [2.24, 2.45) is 5.41 Å². The molecule has 0 bridgehead atoms. The third-order valence-electron chi connectivity index (χ3n) is 9.02. The molecule has 2 saturated heterocycles. The second-order valence-corrected chi connectivity index (χ2v) is 13.3. The van der Waals surface area contributed by atoms with Crippen molar-refractivity contribution in [3.8, 4) is 17.1 Å². The Balaban J connectivity index is 1.16. The number of nitrogens with one attached hydrogen (secondary N) is 1. The Hall–Kier alpha value is -4.23. The average molecular weight is 675 g/mol. The molecule has 7 rings (SSSR count). The van der Waals surface area contributed by atoms with Gasteiger partial charge in [-0.25, -0.2) is 15.0 Å². The molecule has 45 heavy (non-hydrogen) atoms. The van der Waals surface area contributed by atoms with Gasteiger partial charge in [-0.15, -0.1) is 0 Å². The van der Waals surface area contributed by atoms with Gasteiger partial charge >= 0.3 is 6.01 Å². The fraction of sp³-hybridized carbons (Fsp3) is 0.406. The predicted molar refractivity (Wildman–Crippen MR) is 168 cm³/mol. The monoisotopic (exact) mass is 673 g/mol. The third kappa shape index (κ3) is 5.37. The summed E-state index contributed by atoms with van der Waals surface area (Å²) in [6.07, 6.45) is 4.74. The second kappa shape index (κ2) is 11.0. The minimum Gasteiger partial charge on any atom is -0.455 e. The Morgan fingerprint density at radius 2 is 1.84 bits per heavy atom. The molecule has 12 nitrogen and oxygen atoms in total. The molecule has 2 aliphatic heterocycles. The van der Waals surface area contributed by atoms with E-state index in [0.29, 0.717) is 41.0 Å². The number of anilines is 1. The Kier molecular flexibility index (Phi) is 7.20. The van der Waals surface area contributed by atoms with Gasteiger partial charge in [-0.05, 0) is 82.9 Å². The zero-order valence-corrected chi connectivity index (χ0v) is 26.9. The average Bonchev–Trinajstić information content (AvgIpc) is 3.33. The van der Waals surface area contributed by atoms with Crippen molar-refractivity contribution in [2.45, 2.75) is 65.3 Å². The number of rotatable bonds is 8. The number of ketones is 1. The summed E-state index contributed by atoms with van der Waals surface area (Å²) in [5.41, 5.74) is 4.09. The van der Waals surface area contributed by atoms with Crippen LogP contribution >= 0.6 is 15.9 Å². The fourth-order valence-electron chi connectivity index (χ4n) is 6.43. The van der Waals surface area contributed by atoms with Crippen molar-refractivity contribution >= 4 is 50.2 Å². The maximum Gasteiger partial charge on any atom is 0.316 e. The number of carbonyl (C=O) groups excluding carboxylic acids is 3. The summed E-state index contributed by atoms with van der Waals surface area (Å²) < 4.78 is 13.0. The van der Waals surface area contributed by atoms with Crippen molar-refractivity contribution in [1.29, 1.82) is 0 Å². The van der Waals surface area contributed by atoms with E-state index in [1.54, 1.807) is 22.0 Å². The third-order valence-corrected chi connectivity index (χ3v) is 9.47. The Morgan fingerprint density at radius 1 is 1.09 bits per heavy atom.